The molecular weight excluding hydrogens is 418 g/mol. The summed E-state index contributed by atoms with van der Waals surface area (Å²) in [6, 6.07) is 23.1. The van der Waals surface area contributed by atoms with E-state index in [1.807, 2.05) is 29.5 Å². The van der Waals surface area contributed by atoms with Crippen LogP contribution in [0.25, 0.3) is 27.8 Å². The monoisotopic (exact) mass is 439 g/mol. The predicted octanol–water partition coefficient (Wildman–Crippen LogP) is 6.55. The van der Waals surface area contributed by atoms with Crippen molar-refractivity contribution in [1.29, 1.82) is 0 Å². The van der Waals surface area contributed by atoms with Crippen molar-refractivity contribution in [2.45, 2.75) is 25.7 Å². The fourth-order valence-electron chi connectivity index (χ4n) is 4.65. The first-order valence-corrected chi connectivity index (χ1v) is 11.2. The average molecular weight is 440 g/mol. The van der Waals surface area contributed by atoms with E-state index in [-0.39, 0.29) is 0 Å². The minimum Gasteiger partial charge on any atom is -0.328 e. The standard InChI is InChI=1S/C26H22ClN5/c1-16-29-30-26-28-25(24-20(27)11-7-13-22(24)32(16)26)31(2)21-12-6-10-19(23(21)18-14-15-18)17-8-4-3-5-9-17/h3-13,18H,14-15H2,1-2H3. The Morgan fingerprint density at radius 1 is 0.938 bits per heavy atom. The molecule has 0 unspecified atom stereocenters. The third-order valence-electron chi connectivity index (χ3n) is 6.30. The molecule has 5 aromatic rings. The highest BCUT2D eigenvalue weighted by molar-refractivity contribution is 6.36. The first-order chi connectivity index (χ1) is 15.6. The minimum absolute atomic E-state index is 0.560. The number of anilines is 2. The van der Waals surface area contributed by atoms with Gasteiger partial charge >= 0.3 is 0 Å². The summed E-state index contributed by atoms with van der Waals surface area (Å²) in [7, 11) is 2.07. The number of fused-ring (bicyclic) bond motifs is 3. The molecule has 6 rings (SSSR count). The summed E-state index contributed by atoms with van der Waals surface area (Å²) in [5.74, 6) is 2.72. The fourth-order valence-corrected chi connectivity index (χ4v) is 4.90. The van der Waals surface area contributed by atoms with Crippen LogP contribution >= 0.6 is 11.6 Å². The number of hydrogen-bond acceptors (Lipinski definition) is 4. The van der Waals surface area contributed by atoms with E-state index in [1.165, 1.54) is 29.5 Å². The van der Waals surface area contributed by atoms with Gasteiger partial charge < -0.3 is 4.90 Å². The maximum Gasteiger partial charge on any atom is 0.257 e. The van der Waals surface area contributed by atoms with E-state index in [0.29, 0.717) is 16.7 Å². The minimum atomic E-state index is 0.560. The molecule has 6 heteroatoms. The van der Waals surface area contributed by atoms with E-state index >= 15 is 0 Å². The third-order valence-corrected chi connectivity index (χ3v) is 6.62. The van der Waals surface area contributed by atoms with Gasteiger partial charge in [0.25, 0.3) is 5.78 Å². The molecule has 1 aliphatic carbocycles. The topological polar surface area (TPSA) is 46.3 Å². The molecule has 3 aromatic carbocycles. The lowest BCUT2D eigenvalue weighted by molar-refractivity contribution is 1.02. The van der Waals surface area contributed by atoms with Gasteiger partial charge in [0.05, 0.1) is 15.9 Å². The second-order valence-electron chi connectivity index (χ2n) is 8.39. The number of hydrogen-bond donors (Lipinski definition) is 0. The number of rotatable bonds is 4. The molecule has 0 amide bonds. The maximum absolute atomic E-state index is 6.73. The summed E-state index contributed by atoms with van der Waals surface area (Å²) in [6.45, 7) is 1.93. The van der Waals surface area contributed by atoms with Crippen LogP contribution in [0.2, 0.25) is 5.02 Å². The van der Waals surface area contributed by atoms with Crippen LogP contribution in [0, 0.1) is 6.92 Å². The van der Waals surface area contributed by atoms with Gasteiger partial charge in [0.2, 0.25) is 0 Å². The lowest BCUT2D eigenvalue weighted by Crippen LogP contribution is -2.15. The highest BCUT2D eigenvalue weighted by Crippen LogP contribution is 2.50. The molecule has 2 heterocycles. The molecule has 32 heavy (non-hydrogen) atoms. The quantitative estimate of drug-likeness (QED) is 0.318. The largest absolute Gasteiger partial charge is 0.328 e. The lowest BCUT2D eigenvalue weighted by Gasteiger charge is -2.25. The summed E-state index contributed by atoms with van der Waals surface area (Å²) in [6.07, 6.45) is 2.42. The van der Waals surface area contributed by atoms with Crippen molar-refractivity contribution < 1.29 is 0 Å². The summed E-state index contributed by atoms with van der Waals surface area (Å²) in [5.41, 5.74) is 6.01. The van der Waals surface area contributed by atoms with Crippen molar-refractivity contribution >= 4 is 39.8 Å². The van der Waals surface area contributed by atoms with Crippen LogP contribution in [0.1, 0.15) is 30.1 Å². The highest BCUT2D eigenvalue weighted by atomic mass is 35.5. The normalized spacial score (nSPS) is 13.7. The van der Waals surface area contributed by atoms with Gasteiger partial charge in [0.15, 0.2) is 0 Å². The van der Waals surface area contributed by atoms with Crippen LogP contribution in [0.15, 0.2) is 66.7 Å². The predicted molar refractivity (Wildman–Crippen MR) is 130 cm³/mol. The molecule has 0 aliphatic heterocycles. The van der Waals surface area contributed by atoms with Gasteiger partial charge in [-0.05, 0) is 60.6 Å². The Morgan fingerprint density at radius 2 is 1.72 bits per heavy atom. The fraction of sp³-hybridized carbons (Fsp3) is 0.192. The molecule has 0 spiro atoms. The van der Waals surface area contributed by atoms with Crippen molar-refractivity contribution in [3.8, 4) is 11.1 Å². The molecule has 0 bridgehead atoms. The molecule has 2 aromatic heterocycles. The van der Waals surface area contributed by atoms with E-state index in [2.05, 4.69) is 70.7 Å². The Balaban J connectivity index is 1.61. The van der Waals surface area contributed by atoms with Gasteiger partial charge in [0, 0.05) is 12.7 Å². The van der Waals surface area contributed by atoms with Crippen LogP contribution in [0.4, 0.5) is 11.5 Å². The zero-order valence-corrected chi connectivity index (χ0v) is 18.7. The third kappa shape index (κ3) is 2.96. The van der Waals surface area contributed by atoms with Gasteiger partial charge in [-0.2, -0.15) is 4.98 Å². The average Bonchev–Trinajstić information content (AvgIpc) is 3.60. The zero-order valence-electron chi connectivity index (χ0n) is 18.0. The molecule has 0 N–H and O–H groups in total. The van der Waals surface area contributed by atoms with Gasteiger partial charge in [-0.15, -0.1) is 10.2 Å². The first-order valence-electron chi connectivity index (χ1n) is 10.9. The van der Waals surface area contributed by atoms with E-state index in [9.17, 15) is 0 Å². The van der Waals surface area contributed by atoms with Crippen LogP contribution in [-0.2, 0) is 0 Å². The van der Waals surface area contributed by atoms with Gasteiger partial charge in [-0.1, -0.05) is 60.1 Å². The lowest BCUT2D eigenvalue weighted by atomic mass is 9.94. The summed E-state index contributed by atoms with van der Waals surface area (Å²) in [4.78, 5) is 7.08. The number of aromatic nitrogens is 4. The van der Waals surface area contributed by atoms with Gasteiger partial charge in [-0.3, -0.25) is 4.40 Å². The second kappa shape index (κ2) is 7.31. The van der Waals surface area contributed by atoms with Crippen molar-refractivity contribution in [2.24, 2.45) is 0 Å². The number of halogens is 1. The summed E-state index contributed by atoms with van der Waals surface area (Å²) < 4.78 is 1.96. The van der Waals surface area contributed by atoms with Crippen LogP contribution in [-0.4, -0.2) is 26.6 Å². The van der Waals surface area contributed by atoms with Crippen LogP contribution in [0.5, 0.6) is 0 Å². The second-order valence-corrected chi connectivity index (χ2v) is 8.80. The number of aryl methyl sites for hydroxylation is 1. The molecule has 1 fully saturated rings. The van der Waals surface area contributed by atoms with E-state index < -0.39 is 0 Å². The summed E-state index contributed by atoms with van der Waals surface area (Å²) in [5, 5.41) is 10.1. The van der Waals surface area contributed by atoms with E-state index in [0.717, 1.165) is 28.2 Å². The van der Waals surface area contributed by atoms with E-state index in [4.69, 9.17) is 16.6 Å². The number of nitrogens with zero attached hydrogens (tertiary/aromatic N) is 5. The zero-order chi connectivity index (χ0) is 21.8. The molecule has 1 aliphatic rings. The van der Waals surface area contributed by atoms with Gasteiger partial charge in [0.1, 0.15) is 11.6 Å². The SMILES string of the molecule is Cc1nnc2nc(N(C)c3cccc(-c4ccccc4)c3C3CC3)c3c(Cl)cccc3n12. The molecule has 1 saturated carbocycles. The molecule has 0 radical (unpaired) electrons. The van der Waals surface area contributed by atoms with E-state index in [1.54, 1.807) is 0 Å². The van der Waals surface area contributed by atoms with Crippen LogP contribution < -0.4 is 4.90 Å². The first kappa shape index (κ1) is 19.3. The Kier molecular flexibility index (Phi) is 4.40. The Bertz CT molecular complexity index is 1470. The van der Waals surface area contributed by atoms with Gasteiger partial charge in [-0.25, -0.2) is 0 Å². The smallest absolute Gasteiger partial charge is 0.257 e. The molecular formula is C26H22ClN5. The Labute approximate surface area is 191 Å². The highest BCUT2D eigenvalue weighted by Gasteiger charge is 2.31. The van der Waals surface area contributed by atoms with Crippen molar-refractivity contribution in [2.75, 3.05) is 11.9 Å². The summed E-state index contributed by atoms with van der Waals surface area (Å²) >= 11 is 6.73. The van der Waals surface area contributed by atoms with Crippen molar-refractivity contribution in [1.82, 2.24) is 19.6 Å². The van der Waals surface area contributed by atoms with Crippen molar-refractivity contribution in [3.63, 3.8) is 0 Å². The van der Waals surface area contributed by atoms with Crippen LogP contribution in [0.3, 0.4) is 0 Å². The Hall–Kier alpha value is -3.44. The molecule has 0 atom stereocenters. The molecule has 5 nitrogen and oxygen atoms in total. The molecule has 0 saturated heterocycles. The maximum atomic E-state index is 6.73. The molecule has 158 valence electrons. The van der Waals surface area contributed by atoms with Crippen molar-refractivity contribution in [3.05, 3.63) is 83.1 Å². The Morgan fingerprint density at radius 3 is 2.50 bits per heavy atom. The number of benzene rings is 3.